The first kappa shape index (κ1) is 10.9. The summed E-state index contributed by atoms with van der Waals surface area (Å²) in [6.45, 7) is 10.3. The molecule has 2 heteroatoms. The Morgan fingerprint density at radius 3 is 1.55 bits per heavy atom. The molecule has 0 fully saturated rings. The molecular formula is C9H21NO. The summed E-state index contributed by atoms with van der Waals surface area (Å²) in [5.41, 5.74) is 0. The van der Waals surface area contributed by atoms with Gasteiger partial charge in [0.05, 0.1) is 6.10 Å². The topological polar surface area (TPSA) is 32.3 Å². The van der Waals surface area contributed by atoms with Crippen LogP contribution in [0.3, 0.4) is 0 Å². The maximum absolute atomic E-state index is 9.37. The highest BCUT2D eigenvalue weighted by atomic mass is 16.3. The summed E-state index contributed by atoms with van der Waals surface area (Å²) >= 11 is 0. The summed E-state index contributed by atoms with van der Waals surface area (Å²) in [4.78, 5) is 0. The van der Waals surface area contributed by atoms with E-state index in [9.17, 15) is 5.11 Å². The molecule has 2 nitrogen and oxygen atoms in total. The van der Waals surface area contributed by atoms with Gasteiger partial charge in [0.2, 0.25) is 0 Å². The van der Waals surface area contributed by atoms with E-state index in [-0.39, 0.29) is 12.1 Å². The Hall–Kier alpha value is -0.0800. The molecule has 0 bridgehead atoms. The molecule has 0 heterocycles. The minimum Gasteiger partial charge on any atom is -0.392 e. The fourth-order valence-corrected chi connectivity index (χ4v) is 1.27. The Balaban J connectivity index is 3.90. The number of nitrogens with one attached hydrogen (secondary N) is 1. The molecule has 0 aromatic rings. The molecule has 2 N–H and O–H groups in total. The molecule has 2 atom stereocenters. The van der Waals surface area contributed by atoms with E-state index in [0.29, 0.717) is 12.0 Å². The lowest BCUT2D eigenvalue weighted by Crippen LogP contribution is -2.45. The molecule has 0 aliphatic carbocycles. The third-order valence-corrected chi connectivity index (χ3v) is 1.76. The van der Waals surface area contributed by atoms with Crippen LogP contribution in [-0.4, -0.2) is 23.3 Å². The molecule has 2 unspecified atom stereocenters. The van der Waals surface area contributed by atoms with E-state index in [4.69, 9.17) is 0 Å². The van der Waals surface area contributed by atoms with Crippen LogP contribution >= 0.6 is 0 Å². The van der Waals surface area contributed by atoms with Crippen molar-refractivity contribution >= 4 is 0 Å². The van der Waals surface area contributed by atoms with Gasteiger partial charge >= 0.3 is 0 Å². The molecule has 0 saturated heterocycles. The molecule has 11 heavy (non-hydrogen) atoms. The molecule has 0 aliphatic rings. The Labute approximate surface area is 70.0 Å². The second kappa shape index (κ2) is 4.73. The third-order valence-electron chi connectivity index (χ3n) is 1.76. The highest BCUT2D eigenvalue weighted by Gasteiger charge is 2.18. The zero-order valence-corrected chi connectivity index (χ0v) is 8.26. The average molecular weight is 159 g/mol. The van der Waals surface area contributed by atoms with Crippen molar-refractivity contribution in [3.63, 3.8) is 0 Å². The Kier molecular flexibility index (Phi) is 4.69. The van der Waals surface area contributed by atoms with Gasteiger partial charge in [0, 0.05) is 12.1 Å². The number of hydrogen-bond donors (Lipinski definition) is 2. The maximum Gasteiger partial charge on any atom is 0.0667 e. The lowest BCUT2D eigenvalue weighted by Gasteiger charge is -2.27. The van der Waals surface area contributed by atoms with Crippen LogP contribution in [0.15, 0.2) is 0 Å². The highest BCUT2D eigenvalue weighted by molar-refractivity contribution is 4.77. The molecule has 0 aromatic heterocycles. The van der Waals surface area contributed by atoms with Gasteiger partial charge in [-0.05, 0) is 12.8 Å². The largest absolute Gasteiger partial charge is 0.392 e. The summed E-state index contributed by atoms with van der Waals surface area (Å²) in [6, 6.07) is 0.659. The van der Waals surface area contributed by atoms with Crippen molar-refractivity contribution in [1.82, 2.24) is 5.32 Å². The van der Waals surface area contributed by atoms with Crippen LogP contribution in [0.2, 0.25) is 0 Å². The highest BCUT2D eigenvalue weighted by Crippen LogP contribution is 2.06. The predicted octanol–water partition coefficient (Wildman–Crippen LogP) is 1.39. The van der Waals surface area contributed by atoms with Crippen molar-refractivity contribution < 1.29 is 5.11 Å². The second-order valence-corrected chi connectivity index (χ2v) is 3.83. The van der Waals surface area contributed by atoms with E-state index in [1.807, 2.05) is 6.92 Å². The van der Waals surface area contributed by atoms with Crippen molar-refractivity contribution in [2.24, 2.45) is 5.92 Å². The van der Waals surface area contributed by atoms with Crippen LogP contribution in [0.1, 0.15) is 34.6 Å². The van der Waals surface area contributed by atoms with Crippen molar-refractivity contribution in [1.29, 1.82) is 0 Å². The van der Waals surface area contributed by atoms with Gasteiger partial charge in [-0.3, -0.25) is 0 Å². The minimum atomic E-state index is -0.266. The fourth-order valence-electron chi connectivity index (χ4n) is 1.27. The Bertz CT molecular complexity index is 91.7. The number of hydrogen-bond acceptors (Lipinski definition) is 2. The Morgan fingerprint density at radius 2 is 1.45 bits per heavy atom. The van der Waals surface area contributed by atoms with E-state index < -0.39 is 0 Å². The lowest BCUT2D eigenvalue weighted by atomic mass is 9.99. The summed E-state index contributed by atoms with van der Waals surface area (Å²) < 4.78 is 0. The lowest BCUT2D eigenvalue weighted by molar-refractivity contribution is 0.116. The zero-order chi connectivity index (χ0) is 9.02. The van der Waals surface area contributed by atoms with Gasteiger partial charge in [-0.15, -0.1) is 0 Å². The summed E-state index contributed by atoms with van der Waals surface area (Å²) in [5.74, 6) is 0.484. The van der Waals surface area contributed by atoms with Crippen molar-refractivity contribution in [2.75, 3.05) is 0 Å². The van der Waals surface area contributed by atoms with Gasteiger partial charge in [0.25, 0.3) is 0 Å². The first-order chi connectivity index (χ1) is 4.95. The quantitative estimate of drug-likeness (QED) is 0.649. The number of aliphatic hydroxyl groups excluding tert-OH is 1. The monoisotopic (exact) mass is 159 g/mol. The second-order valence-electron chi connectivity index (χ2n) is 3.83. The molecule has 0 saturated carbocycles. The molecule has 0 radical (unpaired) electrons. The smallest absolute Gasteiger partial charge is 0.0667 e. The van der Waals surface area contributed by atoms with Gasteiger partial charge in [-0.2, -0.15) is 0 Å². The molecule has 0 aliphatic heterocycles. The third kappa shape index (κ3) is 4.38. The molecule has 0 amide bonds. The SMILES string of the molecule is CC(C)NC(C(C)C)C(C)O. The van der Waals surface area contributed by atoms with Crippen molar-refractivity contribution in [3.8, 4) is 0 Å². The van der Waals surface area contributed by atoms with Crippen molar-refractivity contribution in [3.05, 3.63) is 0 Å². The van der Waals surface area contributed by atoms with E-state index in [0.717, 1.165) is 0 Å². The van der Waals surface area contributed by atoms with Crippen LogP contribution < -0.4 is 5.32 Å². The predicted molar refractivity (Wildman–Crippen MR) is 48.6 cm³/mol. The van der Waals surface area contributed by atoms with Gasteiger partial charge < -0.3 is 10.4 Å². The summed E-state index contributed by atoms with van der Waals surface area (Å²) in [7, 11) is 0. The van der Waals surface area contributed by atoms with E-state index in [1.165, 1.54) is 0 Å². The first-order valence-electron chi connectivity index (χ1n) is 4.39. The summed E-state index contributed by atoms with van der Waals surface area (Å²) in [6.07, 6.45) is -0.266. The van der Waals surface area contributed by atoms with Crippen LogP contribution in [0, 0.1) is 5.92 Å². The van der Waals surface area contributed by atoms with E-state index in [2.05, 4.69) is 33.0 Å². The van der Waals surface area contributed by atoms with Crippen LogP contribution in [-0.2, 0) is 0 Å². The van der Waals surface area contributed by atoms with Gasteiger partial charge in [-0.1, -0.05) is 27.7 Å². The zero-order valence-electron chi connectivity index (χ0n) is 8.26. The maximum atomic E-state index is 9.37. The minimum absolute atomic E-state index is 0.218. The van der Waals surface area contributed by atoms with Crippen LogP contribution in [0.4, 0.5) is 0 Å². The fraction of sp³-hybridized carbons (Fsp3) is 1.00. The molecular weight excluding hydrogens is 138 g/mol. The summed E-state index contributed by atoms with van der Waals surface area (Å²) in [5, 5.41) is 12.7. The molecule has 0 spiro atoms. The van der Waals surface area contributed by atoms with Gasteiger partial charge in [0.1, 0.15) is 0 Å². The standard InChI is InChI=1S/C9H21NO/c1-6(2)9(8(5)11)10-7(3)4/h6-11H,1-5H3. The molecule has 0 aromatic carbocycles. The molecule has 68 valence electrons. The van der Waals surface area contributed by atoms with E-state index >= 15 is 0 Å². The van der Waals surface area contributed by atoms with Crippen LogP contribution in [0.5, 0.6) is 0 Å². The Morgan fingerprint density at radius 1 is 1.00 bits per heavy atom. The van der Waals surface area contributed by atoms with Gasteiger partial charge in [-0.25, -0.2) is 0 Å². The van der Waals surface area contributed by atoms with Crippen LogP contribution in [0.25, 0.3) is 0 Å². The normalized spacial score (nSPS) is 17.5. The number of aliphatic hydroxyl groups is 1. The van der Waals surface area contributed by atoms with Gasteiger partial charge in [0.15, 0.2) is 0 Å². The average Bonchev–Trinajstić information content (AvgIpc) is 1.81. The van der Waals surface area contributed by atoms with Crippen molar-refractivity contribution in [2.45, 2.75) is 52.8 Å². The number of rotatable bonds is 4. The van der Waals surface area contributed by atoms with E-state index in [1.54, 1.807) is 0 Å². The first-order valence-corrected chi connectivity index (χ1v) is 4.39. The molecule has 0 rings (SSSR count).